The first-order chi connectivity index (χ1) is 16.4. The van der Waals surface area contributed by atoms with Crippen molar-refractivity contribution in [2.45, 2.75) is 44.1 Å². The van der Waals surface area contributed by atoms with E-state index in [9.17, 15) is 9.90 Å². The molecule has 34 heavy (non-hydrogen) atoms. The molecule has 2 saturated heterocycles. The Morgan fingerprint density at radius 3 is 2.56 bits per heavy atom. The highest BCUT2D eigenvalue weighted by molar-refractivity contribution is 6.43. The average Bonchev–Trinajstić information content (AvgIpc) is 3.31. The molecule has 2 aliphatic rings. The second kappa shape index (κ2) is 11.3. The average molecular weight is 505 g/mol. The van der Waals surface area contributed by atoms with Crippen molar-refractivity contribution in [3.63, 3.8) is 0 Å². The van der Waals surface area contributed by atoms with E-state index in [0.717, 1.165) is 77.0 Å². The molecule has 184 valence electrons. The maximum atomic E-state index is 12.9. The Balaban J connectivity index is 1.19. The van der Waals surface area contributed by atoms with Crippen LogP contribution in [0.15, 0.2) is 42.5 Å². The van der Waals surface area contributed by atoms with E-state index in [4.69, 9.17) is 27.9 Å². The summed E-state index contributed by atoms with van der Waals surface area (Å²) in [5.74, 6) is 1.28. The van der Waals surface area contributed by atoms with Crippen LogP contribution in [0.5, 0.6) is 5.75 Å². The van der Waals surface area contributed by atoms with Crippen LogP contribution in [-0.2, 0) is 6.42 Å². The van der Waals surface area contributed by atoms with Gasteiger partial charge in [0.1, 0.15) is 5.75 Å². The van der Waals surface area contributed by atoms with Crippen LogP contribution >= 0.6 is 23.2 Å². The Bertz CT molecular complexity index is 974. The van der Waals surface area contributed by atoms with Crippen LogP contribution in [0.25, 0.3) is 0 Å². The quantitative estimate of drug-likeness (QED) is 0.528. The molecule has 0 saturated carbocycles. The minimum Gasteiger partial charge on any atom is -0.497 e. The van der Waals surface area contributed by atoms with Crippen molar-refractivity contribution in [3.8, 4) is 5.75 Å². The van der Waals surface area contributed by atoms with Crippen LogP contribution in [0, 0.1) is 5.92 Å². The molecule has 0 spiro atoms. The van der Waals surface area contributed by atoms with Crippen LogP contribution in [0.3, 0.4) is 0 Å². The van der Waals surface area contributed by atoms with Gasteiger partial charge in [-0.1, -0.05) is 41.4 Å². The second-order valence-corrected chi connectivity index (χ2v) is 10.5. The van der Waals surface area contributed by atoms with Crippen molar-refractivity contribution in [2.24, 2.45) is 5.92 Å². The summed E-state index contributed by atoms with van der Waals surface area (Å²) < 4.78 is 5.21. The lowest BCUT2D eigenvalue weighted by Gasteiger charge is -2.39. The zero-order valence-corrected chi connectivity index (χ0v) is 21.3. The third-order valence-corrected chi connectivity index (χ3v) is 8.14. The molecular weight excluding hydrogens is 471 g/mol. The van der Waals surface area contributed by atoms with Crippen molar-refractivity contribution in [1.29, 1.82) is 0 Å². The number of halogens is 2. The van der Waals surface area contributed by atoms with Gasteiger partial charge in [-0.3, -0.25) is 4.79 Å². The lowest BCUT2D eigenvalue weighted by Crippen LogP contribution is -2.46. The Morgan fingerprint density at radius 2 is 1.85 bits per heavy atom. The maximum absolute atomic E-state index is 12.9. The second-order valence-electron chi connectivity index (χ2n) is 9.73. The van der Waals surface area contributed by atoms with Crippen LogP contribution in [-0.4, -0.2) is 66.2 Å². The summed E-state index contributed by atoms with van der Waals surface area (Å²) in [6.07, 6.45) is 5.39. The summed E-state index contributed by atoms with van der Waals surface area (Å²) in [6.45, 7) is 4.27. The van der Waals surface area contributed by atoms with Gasteiger partial charge in [-0.25, -0.2) is 0 Å². The first kappa shape index (κ1) is 25.3. The third kappa shape index (κ3) is 6.25. The van der Waals surface area contributed by atoms with Gasteiger partial charge in [0.05, 0.1) is 28.3 Å². The molecule has 2 aromatic carbocycles. The highest BCUT2D eigenvalue weighted by Gasteiger charge is 2.34. The minimum atomic E-state index is -0.566. The van der Waals surface area contributed by atoms with Gasteiger partial charge in [0, 0.05) is 32.7 Å². The van der Waals surface area contributed by atoms with E-state index in [2.05, 4.69) is 17.0 Å². The molecule has 7 heteroatoms. The fourth-order valence-corrected chi connectivity index (χ4v) is 5.57. The van der Waals surface area contributed by atoms with E-state index in [0.29, 0.717) is 21.5 Å². The highest BCUT2D eigenvalue weighted by atomic mass is 35.5. The molecule has 0 bridgehead atoms. The molecule has 2 heterocycles. The van der Waals surface area contributed by atoms with Gasteiger partial charge >= 0.3 is 0 Å². The lowest BCUT2D eigenvalue weighted by molar-refractivity contribution is -0.0312. The maximum Gasteiger partial charge on any atom is 0.255 e. The number of carbonyl (C=O) groups is 1. The number of aliphatic hydroxyl groups is 1. The number of likely N-dealkylation sites (tertiary alicyclic amines) is 2. The summed E-state index contributed by atoms with van der Waals surface area (Å²) in [7, 11) is 1.68. The molecule has 1 N–H and O–H groups in total. The summed E-state index contributed by atoms with van der Waals surface area (Å²) >= 11 is 12.3. The van der Waals surface area contributed by atoms with Crippen molar-refractivity contribution >= 4 is 29.1 Å². The molecule has 2 aromatic rings. The first-order valence-corrected chi connectivity index (χ1v) is 12.9. The number of hydrogen-bond acceptors (Lipinski definition) is 4. The zero-order chi connectivity index (χ0) is 24.1. The van der Waals surface area contributed by atoms with Crippen molar-refractivity contribution in [1.82, 2.24) is 9.80 Å². The van der Waals surface area contributed by atoms with Crippen LogP contribution < -0.4 is 4.74 Å². The zero-order valence-electron chi connectivity index (χ0n) is 19.8. The van der Waals surface area contributed by atoms with Crippen LogP contribution in [0.4, 0.5) is 0 Å². The monoisotopic (exact) mass is 504 g/mol. The van der Waals surface area contributed by atoms with Gasteiger partial charge in [0.25, 0.3) is 5.91 Å². The number of amides is 1. The Hall–Kier alpha value is -1.79. The van der Waals surface area contributed by atoms with Gasteiger partial charge in [-0.15, -0.1) is 0 Å². The highest BCUT2D eigenvalue weighted by Crippen LogP contribution is 2.31. The van der Waals surface area contributed by atoms with Gasteiger partial charge < -0.3 is 19.6 Å². The molecule has 1 atom stereocenters. The summed E-state index contributed by atoms with van der Waals surface area (Å²) in [5.41, 5.74) is 1.19. The number of piperidine rings is 1. The van der Waals surface area contributed by atoms with E-state index < -0.39 is 5.60 Å². The van der Waals surface area contributed by atoms with Gasteiger partial charge in [-0.05, 0) is 74.3 Å². The molecule has 0 unspecified atom stereocenters. The van der Waals surface area contributed by atoms with Gasteiger partial charge in [-0.2, -0.15) is 0 Å². The Morgan fingerprint density at radius 1 is 1.12 bits per heavy atom. The Labute approximate surface area is 212 Å². The molecule has 0 aliphatic carbocycles. The number of aryl methyl sites for hydroxylation is 1. The molecule has 0 radical (unpaired) electrons. The fourth-order valence-electron chi connectivity index (χ4n) is 5.19. The van der Waals surface area contributed by atoms with Crippen LogP contribution in [0.1, 0.15) is 48.0 Å². The minimum absolute atomic E-state index is 0.0418. The number of methoxy groups -OCH3 is 1. The van der Waals surface area contributed by atoms with Crippen LogP contribution in [0.2, 0.25) is 10.0 Å². The largest absolute Gasteiger partial charge is 0.497 e. The van der Waals surface area contributed by atoms with E-state index in [1.807, 2.05) is 17.0 Å². The third-order valence-electron chi connectivity index (χ3n) is 7.32. The summed E-state index contributed by atoms with van der Waals surface area (Å²) in [6, 6.07) is 13.4. The van der Waals surface area contributed by atoms with E-state index in [1.54, 1.807) is 25.3 Å². The summed E-state index contributed by atoms with van der Waals surface area (Å²) in [4.78, 5) is 17.2. The number of carbonyl (C=O) groups excluding carboxylic acids is 1. The molecule has 4 rings (SSSR count). The number of nitrogens with zero attached hydrogens (tertiary/aromatic N) is 2. The molecule has 0 aromatic heterocycles. The summed E-state index contributed by atoms with van der Waals surface area (Å²) in [5, 5.41) is 11.8. The van der Waals surface area contributed by atoms with Crippen molar-refractivity contribution in [2.75, 3.05) is 39.8 Å². The lowest BCUT2D eigenvalue weighted by atomic mass is 9.85. The molecular formula is C27H34Cl2N2O3. The fraction of sp³-hybridized carbons (Fsp3) is 0.519. The predicted octanol–water partition coefficient (Wildman–Crippen LogP) is 5.31. The van der Waals surface area contributed by atoms with Gasteiger partial charge in [0.2, 0.25) is 0 Å². The number of hydrogen-bond donors (Lipinski definition) is 1. The van der Waals surface area contributed by atoms with E-state index in [1.165, 1.54) is 5.56 Å². The molecule has 5 nitrogen and oxygen atoms in total. The van der Waals surface area contributed by atoms with E-state index >= 15 is 0 Å². The molecule has 2 fully saturated rings. The predicted molar refractivity (Wildman–Crippen MR) is 137 cm³/mol. The number of benzene rings is 2. The molecule has 2 aliphatic heterocycles. The smallest absolute Gasteiger partial charge is 0.255 e. The number of rotatable bonds is 8. The van der Waals surface area contributed by atoms with Gasteiger partial charge in [0.15, 0.2) is 0 Å². The first-order valence-electron chi connectivity index (χ1n) is 12.2. The van der Waals surface area contributed by atoms with E-state index in [-0.39, 0.29) is 5.91 Å². The van der Waals surface area contributed by atoms with Crippen molar-refractivity contribution < 1.29 is 14.6 Å². The topological polar surface area (TPSA) is 53.0 Å². The normalized spacial score (nSPS) is 20.5. The SMILES string of the molecule is COc1ccc(CCCC2(O)CCN(C[C@H]3CCN(C(=O)c4cccc(Cl)c4Cl)C3)CC2)cc1. The molecule has 1 amide bonds. The standard InChI is InChI=1S/C27H34Cl2N2O3/c1-34-22-9-7-20(8-10-22)4-3-12-27(33)13-16-30(17-14-27)18-21-11-15-31(19-21)26(32)23-5-2-6-24(28)25(23)29/h2,5-10,21,33H,3-4,11-19H2,1H3/t21-/m1/s1. The number of ether oxygens (including phenoxy) is 1. The Kier molecular flexibility index (Phi) is 8.41. The van der Waals surface area contributed by atoms with Crippen molar-refractivity contribution in [3.05, 3.63) is 63.6 Å².